The summed E-state index contributed by atoms with van der Waals surface area (Å²) in [6.45, 7) is 4.26. The van der Waals surface area contributed by atoms with Gasteiger partial charge >= 0.3 is 0 Å². The Kier molecular flexibility index (Phi) is 8.64. The number of aromatic nitrogens is 2. The average molecular weight is 610 g/mol. The summed E-state index contributed by atoms with van der Waals surface area (Å²) in [5.74, 6) is 0.543. The molecule has 0 bridgehead atoms. The predicted molar refractivity (Wildman–Crippen MR) is 165 cm³/mol. The van der Waals surface area contributed by atoms with Gasteiger partial charge in [-0.2, -0.15) is 0 Å². The number of hydrogen-bond donors (Lipinski definition) is 2. The summed E-state index contributed by atoms with van der Waals surface area (Å²) >= 11 is 5.44. The lowest BCUT2D eigenvalue weighted by Gasteiger charge is -2.08. The quantitative estimate of drug-likeness (QED) is 0.0953. The van der Waals surface area contributed by atoms with Gasteiger partial charge in [0, 0.05) is 23.5 Å². The van der Waals surface area contributed by atoms with Gasteiger partial charge in [0.2, 0.25) is 11.8 Å². The van der Waals surface area contributed by atoms with E-state index in [9.17, 15) is 19.7 Å². The number of amides is 2. The van der Waals surface area contributed by atoms with Crippen LogP contribution < -0.4 is 10.6 Å². The molecule has 13 heteroatoms. The van der Waals surface area contributed by atoms with Gasteiger partial charge < -0.3 is 10.6 Å². The summed E-state index contributed by atoms with van der Waals surface area (Å²) in [5, 5.41) is 16.8. The highest BCUT2D eigenvalue weighted by atomic mass is 32.2. The molecule has 2 heterocycles. The molecule has 0 fully saturated rings. The zero-order chi connectivity index (χ0) is 28.2. The SMILES string of the molecule is CC(C)c1ccc(NC(=O)CSc2nc3ccc(NC(=O)CSc4nc5ccc([N+](=O)[O-])cc5s4)cc3s2)cc1. The van der Waals surface area contributed by atoms with Crippen LogP contribution in [-0.2, 0) is 9.59 Å². The normalized spacial score (nSPS) is 11.3. The Morgan fingerprint density at radius 1 is 0.825 bits per heavy atom. The number of anilines is 2. The van der Waals surface area contributed by atoms with Crippen LogP contribution in [0.5, 0.6) is 0 Å². The molecule has 0 saturated heterocycles. The molecule has 0 aliphatic rings. The summed E-state index contributed by atoms with van der Waals surface area (Å²) in [6, 6.07) is 17.9. The summed E-state index contributed by atoms with van der Waals surface area (Å²) < 4.78 is 3.06. The molecule has 2 amide bonds. The van der Waals surface area contributed by atoms with Crippen LogP contribution in [0.3, 0.4) is 0 Å². The van der Waals surface area contributed by atoms with Crippen molar-refractivity contribution >= 4 is 95.5 Å². The second kappa shape index (κ2) is 12.3. The van der Waals surface area contributed by atoms with Crippen LogP contribution in [0.2, 0.25) is 0 Å². The molecule has 0 aliphatic carbocycles. The topological polar surface area (TPSA) is 127 Å². The lowest BCUT2D eigenvalue weighted by atomic mass is 10.0. The molecule has 204 valence electrons. The van der Waals surface area contributed by atoms with E-state index in [1.807, 2.05) is 36.4 Å². The molecule has 40 heavy (non-hydrogen) atoms. The third kappa shape index (κ3) is 6.97. The lowest BCUT2D eigenvalue weighted by Crippen LogP contribution is -2.13. The Balaban J connectivity index is 1.13. The van der Waals surface area contributed by atoms with E-state index < -0.39 is 4.92 Å². The van der Waals surface area contributed by atoms with Gasteiger partial charge in [-0.15, -0.1) is 22.7 Å². The zero-order valence-electron chi connectivity index (χ0n) is 21.4. The van der Waals surface area contributed by atoms with Crippen molar-refractivity contribution in [2.75, 3.05) is 22.1 Å². The summed E-state index contributed by atoms with van der Waals surface area (Å²) in [4.78, 5) is 44.5. The highest BCUT2D eigenvalue weighted by Crippen LogP contribution is 2.33. The van der Waals surface area contributed by atoms with Gasteiger partial charge in [-0.05, 0) is 47.9 Å². The zero-order valence-corrected chi connectivity index (χ0v) is 24.6. The number of nitro benzene ring substituents is 1. The Labute approximate surface area is 246 Å². The number of nitrogens with zero attached hydrogens (tertiary/aromatic N) is 3. The number of hydrogen-bond acceptors (Lipinski definition) is 10. The molecule has 0 aliphatic heterocycles. The molecule has 5 rings (SSSR count). The summed E-state index contributed by atoms with van der Waals surface area (Å²) in [5.41, 5.74) is 4.13. The maximum atomic E-state index is 12.6. The first-order chi connectivity index (χ1) is 19.2. The molecular formula is C27H23N5O4S4. The van der Waals surface area contributed by atoms with Crippen molar-refractivity contribution < 1.29 is 14.5 Å². The number of carbonyl (C=O) groups excluding carboxylic acids is 2. The van der Waals surface area contributed by atoms with Crippen molar-refractivity contribution in [1.82, 2.24) is 9.97 Å². The number of nitro groups is 1. The number of carbonyl (C=O) groups is 2. The molecule has 0 spiro atoms. The number of thiazole rings is 2. The smallest absolute Gasteiger partial charge is 0.270 e. The van der Waals surface area contributed by atoms with E-state index in [2.05, 4.69) is 34.4 Å². The maximum absolute atomic E-state index is 12.6. The average Bonchev–Trinajstić information content (AvgIpc) is 3.53. The first-order valence-corrected chi connectivity index (χ1v) is 15.7. The lowest BCUT2D eigenvalue weighted by molar-refractivity contribution is -0.384. The molecule has 2 N–H and O–H groups in total. The minimum absolute atomic E-state index is 0.0149. The summed E-state index contributed by atoms with van der Waals surface area (Å²) in [6.07, 6.45) is 0. The Morgan fingerprint density at radius 3 is 1.93 bits per heavy atom. The molecule has 5 aromatic rings. The van der Waals surface area contributed by atoms with Crippen LogP contribution in [-0.4, -0.2) is 38.2 Å². The van der Waals surface area contributed by atoms with Crippen LogP contribution in [0, 0.1) is 10.1 Å². The second-order valence-corrected chi connectivity index (χ2v) is 13.5. The highest BCUT2D eigenvalue weighted by Gasteiger charge is 2.13. The summed E-state index contributed by atoms with van der Waals surface area (Å²) in [7, 11) is 0. The number of rotatable bonds is 10. The van der Waals surface area contributed by atoms with Crippen LogP contribution in [0.25, 0.3) is 20.4 Å². The van der Waals surface area contributed by atoms with E-state index in [1.165, 1.54) is 63.9 Å². The van der Waals surface area contributed by atoms with Crippen molar-refractivity contribution in [2.24, 2.45) is 0 Å². The molecule has 2 aromatic heterocycles. The number of thioether (sulfide) groups is 2. The standard InChI is InChI=1S/C27H23N5O4S4/c1-15(2)16-3-5-17(6-4-16)28-24(33)13-37-26-30-20-9-7-18(11-22(20)39-26)29-25(34)14-38-27-31-21-10-8-19(32(35)36)12-23(21)40-27/h3-12,15H,13-14H2,1-2H3,(H,28,33)(H,29,34). The van der Waals surface area contributed by atoms with E-state index in [1.54, 1.807) is 12.1 Å². The van der Waals surface area contributed by atoms with Crippen molar-refractivity contribution in [1.29, 1.82) is 0 Å². The fraction of sp³-hybridized carbons (Fsp3) is 0.185. The molecule has 0 atom stereocenters. The van der Waals surface area contributed by atoms with Crippen LogP contribution in [0.1, 0.15) is 25.3 Å². The van der Waals surface area contributed by atoms with Crippen molar-refractivity contribution in [2.45, 2.75) is 28.4 Å². The molecule has 0 unspecified atom stereocenters. The van der Waals surface area contributed by atoms with Crippen molar-refractivity contribution in [3.63, 3.8) is 0 Å². The fourth-order valence-electron chi connectivity index (χ4n) is 3.71. The van der Waals surface area contributed by atoms with Gasteiger partial charge in [-0.25, -0.2) is 9.97 Å². The molecule has 0 radical (unpaired) electrons. The third-order valence-electron chi connectivity index (χ3n) is 5.73. The van der Waals surface area contributed by atoms with Crippen molar-refractivity contribution in [3.8, 4) is 0 Å². The molecule has 9 nitrogen and oxygen atoms in total. The first kappa shape index (κ1) is 28.0. The fourth-order valence-corrected chi connectivity index (χ4v) is 7.52. The van der Waals surface area contributed by atoms with Crippen molar-refractivity contribution in [3.05, 3.63) is 76.3 Å². The second-order valence-electron chi connectivity index (χ2n) is 9.00. The Hall–Kier alpha value is -3.52. The Morgan fingerprint density at radius 2 is 1.35 bits per heavy atom. The first-order valence-electron chi connectivity index (χ1n) is 12.1. The molecule has 3 aromatic carbocycles. The number of fused-ring (bicyclic) bond motifs is 2. The highest BCUT2D eigenvalue weighted by molar-refractivity contribution is 8.02. The molecular weight excluding hydrogens is 587 g/mol. The van der Waals surface area contributed by atoms with E-state index in [-0.39, 0.29) is 29.0 Å². The maximum Gasteiger partial charge on any atom is 0.270 e. The van der Waals surface area contributed by atoms with Crippen LogP contribution in [0.15, 0.2) is 69.3 Å². The van der Waals surface area contributed by atoms with E-state index in [0.29, 0.717) is 26.2 Å². The van der Waals surface area contributed by atoms with Crippen LogP contribution >= 0.6 is 46.2 Å². The van der Waals surface area contributed by atoms with Gasteiger partial charge in [0.05, 0.1) is 36.9 Å². The van der Waals surface area contributed by atoms with E-state index >= 15 is 0 Å². The van der Waals surface area contributed by atoms with Gasteiger partial charge in [-0.3, -0.25) is 19.7 Å². The van der Waals surface area contributed by atoms with Gasteiger partial charge in [0.15, 0.2) is 8.68 Å². The van der Waals surface area contributed by atoms with Crippen LogP contribution in [0.4, 0.5) is 17.1 Å². The molecule has 0 saturated carbocycles. The third-order valence-corrected chi connectivity index (χ3v) is 10.1. The van der Waals surface area contributed by atoms with Gasteiger partial charge in [0.1, 0.15) is 0 Å². The Bertz CT molecular complexity index is 1720. The minimum Gasteiger partial charge on any atom is -0.325 e. The number of nitrogens with one attached hydrogen (secondary N) is 2. The predicted octanol–water partition coefficient (Wildman–Crippen LogP) is 7.40. The number of non-ortho nitro benzene ring substituents is 1. The minimum atomic E-state index is -0.439. The van der Waals surface area contributed by atoms with Gasteiger partial charge in [0.25, 0.3) is 5.69 Å². The van der Waals surface area contributed by atoms with E-state index in [0.717, 1.165) is 20.2 Å². The van der Waals surface area contributed by atoms with E-state index in [4.69, 9.17) is 0 Å². The monoisotopic (exact) mass is 609 g/mol. The van der Waals surface area contributed by atoms with Gasteiger partial charge in [-0.1, -0.05) is 49.5 Å². The number of benzene rings is 3. The largest absolute Gasteiger partial charge is 0.325 e.